The summed E-state index contributed by atoms with van der Waals surface area (Å²) in [5, 5.41) is 11.5. The molecule has 0 radical (unpaired) electrons. The van der Waals surface area contributed by atoms with Crippen LogP contribution in [-0.2, 0) is 23.3 Å². The average molecular weight is 441 g/mol. The van der Waals surface area contributed by atoms with Crippen molar-refractivity contribution in [3.8, 4) is 0 Å². The number of rotatable bonds is 6. The number of piperidine rings is 1. The third kappa shape index (κ3) is 4.39. The highest BCUT2D eigenvalue weighted by Crippen LogP contribution is 2.44. The molecule has 1 fully saturated rings. The van der Waals surface area contributed by atoms with Crippen LogP contribution in [0.25, 0.3) is 6.08 Å². The fourth-order valence-electron chi connectivity index (χ4n) is 4.89. The summed E-state index contributed by atoms with van der Waals surface area (Å²) >= 11 is 0. The van der Waals surface area contributed by atoms with Crippen molar-refractivity contribution in [2.45, 2.75) is 31.4 Å². The van der Waals surface area contributed by atoms with Gasteiger partial charge in [-0.2, -0.15) is 0 Å². The van der Waals surface area contributed by atoms with E-state index in [4.69, 9.17) is 4.74 Å². The summed E-state index contributed by atoms with van der Waals surface area (Å²) in [7, 11) is 1.67. The van der Waals surface area contributed by atoms with E-state index in [1.165, 1.54) is 11.1 Å². The van der Waals surface area contributed by atoms with Crippen LogP contribution in [0.5, 0.6) is 0 Å². The number of aromatic nitrogens is 2. The molecule has 6 heteroatoms. The number of fused-ring (bicyclic) bond motifs is 2. The van der Waals surface area contributed by atoms with E-state index in [-0.39, 0.29) is 11.3 Å². The average Bonchev–Trinajstić information content (AvgIpc) is 3.22. The van der Waals surface area contributed by atoms with Crippen LogP contribution in [0, 0.1) is 0 Å². The molecule has 2 heterocycles. The molecule has 0 atom stereocenters. The number of allylic oxidation sites excluding steroid dienone is 1. The molecule has 168 valence electrons. The number of hydrogen-bond acceptors (Lipinski definition) is 5. The Labute approximate surface area is 194 Å². The molecule has 1 aliphatic carbocycles. The smallest absolute Gasteiger partial charge is 0.272 e. The monoisotopic (exact) mass is 440 g/mol. The van der Waals surface area contributed by atoms with Gasteiger partial charge in [-0.25, -0.2) is 0 Å². The molecule has 5 rings (SSSR count). The van der Waals surface area contributed by atoms with Gasteiger partial charge in [0.05, 0.1) is 6.61 Å². The van der Waals surface area contributed by atoms with E-state index < -0.39 is 0 Å². The van der Waals surface area contributed by atoms with Crippen LogP contribution >= 0.6 is 0 Å². The minimum atomic E-state index is -0.225. The van der Waals surface area contributed by atoms with E-state index in [2.05, 4.69) is 56.8 Å². The van der Waals surface area contributed by atoms with Gasteiger partial charge in [0, 0.05) is 32.2 Å². The number of carbonyl (C=O) groups is 1. The topological polar surface area (TPSA) is 67.3 Å². The van der Waals surface area contributed by atoms with Crippen molar-refractivity contribution < 1.29 is 9.53 Å². The number of carbonyl (C=O) groups excluding carboxylic acids is 1. The van der Waals surface area contributed by atoms with Crippen LogP contribution in [0.1, 0.15) is 45.6 Å². The number of methoxy groups -OCH3 is 1. The minimum Gasteiger partial charge on any atom is -0.380 e. The maximum Gasteiger partial charge on any atom is 0.272 e. The summed E-state index contributed by atoms with van der Waals surface area (Å²) in [4.78, 5) is 14.8. The molecular formula is C27H28N4O2. The first kappa shape index (κ1) is 21.3. The predicted molar refractivity (Wildman–Crippen MR) is 129 cm³/mol. The number of nitrogens with zero attached hydrogens (tertiary/aromatic N) is 3. The van der Waals surface area contributed by atoms with Gasteiger partial charge in [0.1, 0.15) is 0 Å². The van der Waals surface area contributed by atoms with Crippen LogP contribution < -0.4 is 10.2 Å². The summed E-state index contributed by atoms with van der Waals surface area (Å²) in [6.07, 6.45) is 6.73. The van der Waals surface area contributed by atoms with E-state index >= 15 is 0 Å². The van der Waals surface area contributed by atoms with E-state index in [1.807, 2.05) is 30.3 Å². The van der Waals surface area contributed by atoms with Crippen LogP contribution in [0.4, 0.5) is 5.82 Å². The lowest BCUT2D eigenvalue weighted by atomic mass is 9.74. The highest BCUT2D eigenvalue weighted by Gasteiger charge is 2.38. The van der Waals surface area contributed by atoms with Crippen LogP contribution in [0.3, 0.4) is 0 Å². The maximum atomic E-state index is 12.5. The standard InChI is InChI=1S/C27H28N4O2/c1-33-19-21-6-4-5-20(17-21)18-28-26(32)24-9-10-25(30-29-24)31-15-13-27(14-16-31)12-11-22-7-2-3-8-23(22)27/h2-12,17H,13-16,18-19H2,1H3,(H,28,32). The lowest BCUT2D eigenvalue weighted by Gasteiger charge is -2.39. The largest absolute Gasteiger partial charge is 0.380 e. The zero-order valence-electron chi connectivity index (χ0n) is 18.8. The zero-order valence-corrected chi connectivity index (χ0v) is 18.8. The molecule has 0 saturated carbocycles. The minimum absolute atomic E-state index is 0.140. The van der Waals surface area contributed by atoms with Crippen molar-refractivity contribution in [1.82, 2.24) is 15.5 Å². The van der Waals surface area contributed by atoms with Crippen molar-refractivity contribution >= 4 is 17.8 Å². The van der Waals surface area contributed by atoms with Gasteiger partial charge in [-0.1, -0.05) is 60.7 Å². The van der Waals surface area contributed by atoms with Crippen molar-refractivity contribution in [2.75, 3.05) is 25.1 Å². The summed E-state index contributed by atoms with van der Waals surface area (Å²) in [6.45, 7) is 2.81. The Morgan fingerprint density at radius 1 is 1.03 bits per heavy atom. The Bertz CT molecular complexity index is 1160. The summed E-state index contributed by atoms with van der Waals surface area (Å²) in [5.41, 5.74) is 5.34. The maximum absolute atomic E-state index is 12.5. The number of nitrogens with one attached hydrogen (secondary N) is 1. The van der Waals surface area contributed by atoms with Crippen molar-refractivity contribution in [3.63, 3.8) is 0 Å². The molecular weight excluding hydrogens is 412 g/mol. The molecule has 1 amide bonds. The van der Waals surface area contributed by atoms with Crippen molar-refractivity contribution in [1.29, 1.82) is 0 Å². The number of hydrogen-bond donors (Lipinski definition) is 1. The van der Waals surface area contributed by atoms with E-state index in [1.54, 1.807) is 13.2 Å². The van der Waals surface area contributed by atoms with Gasteiger partial charge in [0.15, 0.2) is 11.5 Å². The number of benzene rings is 2. The molecule has 1 spiro atoms. The van der Waals surface area contributed by atoms with Crippen LogP contribution in [-0.4, -0.2) is 36.3 Å². The SMILES string of the molecule is COCc1cccc(CNC(=O)c2ccc(N3CCC4(C=Cc5ccccc54)CC3)nn2)c1. The second-order valence-electron chi connectivity index (χ2n) is 8.78. The van der Waals surface area contributed by atoms with Gasteiger partial charge in [-0.3, -0.25) is 4.79 Å². The molecule has 1 aromatic heterocycles. The third-order valence-corrected chi connectivity index (χ3v) is 6.70. The Balaban J connectivity index is 1.18. The number of anilines is 1. The summed E-state index contributed by atoms with van der Waals surface area (Å²) in [6, 6.07) is 20.3. The van der Waals surface area contributed by atoms with E-state index in [0.717, 1.165) is 42.9 Å². The van der Waals surface area contributed by atoms with Crippen LogP contribution in [0.15, 0.2) is 66.7 Å². The third-order valence-electron chi connectivity index (χ3n) is 6.70. The van der Waals surface area contributed by atoms with E-state index in [0.29, 0.717) is 18.8 Å². The first-order valence-corrected chi connectivity index (χ1v) is 11.4. The van der Waals surface area contributed by atoms with Gasteiger partial charge in [0.25, 0.3) is 5.91 Å². The molecule has 1 saturated heterocycles. The Morgan fingerprint density at radius 3 is 2.64 bits per heavy atom. The highest BCUT2D eigenvalue weighted by atomic mass is 16.5. The Hall–Kier alpha value is -3.51. The lowest BCUT2D eigenvalue weighted by molar-refractivity contribution is 0.0945. The fourth-order valence-corrected chi connectivity index (χ4v) is 4.89. The van der Waals surface area contributed by atoms with Crippen LogP contribution in [0.2, 0.25) is 0 Å². The van der Waals surface area contributed by atoms with Gasteiger partial charge in [0.2, 0.25) is 0 Å². The molecule has 33 heavy (non-hydrogen) atoms. The van der Waals surface area contributed by atoms with Gasteiger partial charge >= 0.3 is 0 Å². The molecule has 1 aliphatic heterocycles. The zero-order chi connectivity index (χ0) is 22.7. The summed E-state index contributed by atoms with van der Waals surface area (Å²) in [5.74, 6) is 0.598. The summed E-state index contributed by atoms with van der Waals surface area (Å²) < 4.78 is 5.17. The van der Waals surface area contributed by atoms with Gasteiger partial charge < -0.3 is 15.0 Å². The molecule has 1 N–H and O–H groups in total. The van der Waals surface area contributed by atoms with E-state index in [9.17, 15) is 4.79 Å². The normalized spacial score (nSPS) is 16.1. The lowest BCUT2D eigenvalue weighted by Crippen LogP contribution is -2.41. The number of ether oxygens (including phenoxy) is 1. The van der Waals surface area contributed by atoms with Crippen molar-refractivity contribution in [3.05, 3.63) is 94.7 Å². The highest BCUT2D eigenvalue weighted by molar-refractivity contribution is 5.92. The second kappa shape index (κ2) is 9.16. The Kier molecular flexibility index (Phi) is 5.92. The molecule has 2 aromatic carbocycles. The molecule has 6 nitrogen and oxygen atoms in total. The Morgan fingerprint density at radius 2 is 1.85 bits per heavy atom. The van der Waals surface area contributed by atoms with Crippen molar-refractivity contribution in [2.24, 2.45) is 0 Å². The molecule has 2 aliphatic rings. The first-order chi connectivity index (χ1) is 16.2. The quantitative estimate of drug-likeness (QED) is 0.625. The fraction of sp³-hybridized carbons (Fsp3) is 0.296. The van der Waals surface area contributed by atoms with Gasteiger partial charge in [-0.15, -0.1) is 10.2 Å². The molecule has 0 unspecified atom stereocenters. The molecule has 3 aromatic rings. The second-order valence-corrected chi connectivity index (χ2v) is 8.78. The predicted octanol–water partition coefficient (Wildman–Crippen LogP) is 4.12. The first-order valence-electron chi connectivity index (χ1n) is 11.4. The van der Waals surface area contributed by atoms with Gasteiger partial charge in [-0.05, 0) is 47.2 Å². The molecule has 0 bridgehead atoms. The number of amides is 1.